The van der Waals surface area contributed by atoms with Gasteiger partial charge in [-0.2, -0.15) is 0 Å². The van der Waals surface area contributed by atoms with Crippen LogP contribution in [0, 0.1) is 0 Å². The lowest BCUT2D eigenvalue weighted by atomic mass is 10.1. The summed E-state index contributed by atoms with van der Waals surface area (Å²) < 4.78 is 23.1. The Hall–Kier alpha value is -3.06. The van der Waals surface area contributed by atoms with Crippen molar-refractivity contribution < 1.29 is 13.2 Å². The van der Waals surface area contributed by atoms with Crippen LogP contribution in [0.1, 0.15) is 24.2 Å². The van der Waals surface area contributed by atoms with Crippen LogP contribution in [0.15, 0.2) is 65.7 Å². The van der Waals surface area contributed by atoms with E-state index in [4.69, 9.17) is 0 Å². The predicted octanol–water partition coefficient (Wildman–Crippen LogP) is 3.27. The summed E-state index contributed by atoms with van der Waals surface area (Å²) in [4.78, 5) is 23.1. The molecule has 6 nitrogen and oxygen atoms in total. The molecule has 1 amide bonds. The third-order valence-electron chi connectivity index (χ3n) is 4.58. The van der Waals surface area contributed by atoms with Crippen molar-refractivity contribution in [3.63, 3.8) is 0 Å². The highest BCUT2D eigenvalue weighted by molar-refractivity contribution is 7.90. The molecule has 0 aliphatic carbocycles. The van der Waals surface area contributed by atoms with Gasteiger partial charge in [0.05, 0.1) is 33.9 Å². The summed E-state index contributed by atoms with van der Waals surface area (Å²) in [5.74, 6) is -0.186. The SMILES string of the molecule is CC(c1ccc(S(C)(=O)=O)cc1)N(C)C(=O)/C=C/c1cnc2ccccc2n1. The molecule has 0 saturated heterocycles. The van der Waals surface area contributed by atoms with Gasteiger partial charge in [-0.3, -0.25) is 9.78 Å². The van der Waals surface area contributed by atoms with Gasteiger partial charge in [-0.15, -0.1) is 0 Å². The summed E-state index contributed by atoms with van der Waals surface area (Å²) >= 11 is 0. The van der Waals surface area contributed by atoms with E-state index in [-0.39, 0.29) is 16.8 Å². The summed E-state index contributed by atoms with van der Waals surface area (Å²) in [6, 6.07) is 13.9. The summed E-state index contributed by atoms with van der Waals surface area (Å²) in [5.41, 5.74) is 3.02. The first-order valence-corrected chi connectivity index (χ1v) is 10.6. The molecule has 1 aromatic heterocycles. The number of likely N-dealkylation sites (N-methyl/N-ethyl adjacent to an activating group) is 1. The lowest BCUT2D eigenvalue weighted by Crippen LogP contribution is -2.28. The number of carbonyl (C=O) groups is 1. The van der Waals surface area contributed by atoms with E-state index in [9.17, 15) is 13.2 Å². The molecule has 0 bridgehead atoms. The third kappa shape index (κ3) is 4.43. The maximum Gasteiger partial charge on any atom is 0.246 e. The van der Waals surface area contributed by atoms with Crippen molar-refractivity contribution in [3.8, 4) is 0 Å². The summed E-state index contributed by atoms with van der Waals surface area (Å²) in [5, 5.41) is 0. The van der Waals surface area contributed by atoms with Crippen LogP contribution < -0.4 is 0 Å². The van der Waals surface area contributed by atoms with E-state index in [1.807, 2.05) is 31.2 Å². The molecule has 28 heavy (non-hydrogen) atoms. The molecule has 7 heteroatoms. The van der Waals surface area contributed by atoms with Gasteiger partial charge < -0.3 is 4.90 Å². The molecule has 2 aromatic carbocycles. The number of nitrogens with zero attached hydrogens (tertiary/aromatic N) is 3. The Morgan fingerprint density at radius 1 is 1.07 bits per heavy atom. The van der Waals surface area contributed by atoms with Crippen LogP contribution in [-0.4, -0.2) is 42.5 Å². The van der Waals surface area contributed by atoms with Gasteiger partial charge in [0.25, 0.3) is 0 Å². The van der Waals surface area contributed by atoms with Crippen molar-refractivity contribution >= 4 is 32.9 Å². The monoisotopic (exact) mass is 395 g/mol. The lowest BCUT2D eigenvalue weighted by molar-refractivity contribution is -0.126. The fourth-order valence-electron chi connectivity index (χ4n) is 2.73. The summed E-state index contributed by atoms with van der Waals surface area (Å²) in [7, 11) is -1.54. The van der Waals surface area contributed by atoms with E-state index in [1.165, 1.54) is 12.3 Å². The van der Waals surface area contributed by atoms with E-state index in [1.54, 1.807) is 48.5 Å². The Morgan fingerprint density at radius 2 is 1.71 bits per heavy atom. The van der Waals surface area contributed by atoms with Crippen LogP contribution in [0.4, 0.5) is 0 Å². The fourth-order valence-corrected chi connectivity index (χ4v) is 3.36. The second-order valence-corrected chi connectivity index (χ2v) is 8.60. The number of aromatic nitrogens is 2. The highest BCUT2D eigenvalue weighted by Gasteiger charge is 2.16. The van der Waals surface area contributed by atoms with Crippen molar-refractivity contribution in [2.45, 2.75) is 17.9 Å². The Kier molecular flexibility index (Phi) is 5.56. The highest BCUT2D eigenvalue weighted by Crippen LogP contribution is 2.21. The molecular formula is C21H21N3O3S. The van der Waals surface area contributed by atoms with Crippen LogP contribution in [0.2, 0.25) is 0 Å². The van der Waals surface area contributed by atoms with Crippen molar-refractivity contribution in [1.29, 1.82) is 0 Å². The van der Waals surface area contributed by atoms with Gasteiger partial charge in [0.15, 0.2) is 9.84 Å². The minimum absolute atomic E-state index is 0.186. The molecule has 3 aromatic rings. The zero-order valence-corrected chi connectivity index (χ0v) is 16.7. The Labute approximate surface area is 164 Å². The van der Waals surface area contributed by atoms with E-state index in [2.05, 4.69) is 9.97 Å². The number of hydrogen-bond donors (Lipinski definition) is 0. The molecule has 3 rings (SSSR count). The number of carbonyl (C=O) groups excluding carboxylic acids is 1. The first-order valence-electron chi connectivity index (χ1n) is 8.72. The molecule has 1 heterocycles. The number of sulfone groups is 1. The Balaban J connectivity index is 1.72. The van der Waals surface area contributed by atoms with Crippen molar-refractivity contribution in [2.24, 2.45) is 0 Å². The number of benzene rings is 2. The maximum absolute atomic E-state index is 12.5. The molecule has 1 atom stereocenters. The second kappa shape index (κ2) is 7.90. The quantitative estimate of drug-likeness (QED) is 0.620. The number of rotatable bonds is 5. The van der Waals surface area contributed by atoms with Crippen LogP contribution in [0.3, 0.4) is 0 Å². The molecule has 0 spiro atoms. The topological polar surface area (TPSA) is 80.2 Å². The fraction of sp³-hybridized carbons (Fsp3) is 0.190. The average molecular weight is 395 g/mol. The number of fused-ring (bicyclic) bond motifs is 1. The molecule has 0 aliphatic heterocycles. The van der Waals surface area contributed by atoms with Gasteiger partial charge in [0, 0.05) is 19.4 Å². The zero-order valence-electron chi connectivity index (χ0n) is 15.9. The van der Waals surface area contributed by atoms with Gasteiger partial charge in [0.2, 0.25) is 5.91 Å². The van der Waals surface area contributed by atoms with Gasteiger partial charge in [-0.25, -0.2) is 13.4 Å². The van der Waals surface area contributed by atoms with Crippen LogP contribution in [-0.2, 0) is 14.6 Å². The Morgan fingerprint density at radius 3 is 2.36 bits per heavy atom. The van der Waals surface area contributed by atoms with E-state index in [0.29, 0.717) is 5.69 Å². The summed E-state index contributed by atoms with van der Waals surface area (Å²) in [6.45, 7) is 1.89. The number of para-hydroxylation sites is 2. The van der Waals surface area contributed by atoms with Crippen molar-refractivity contribution in [1.82, 2.24) is 14.9 Å². The molecule has 1 unspecified atom stereocenters. The molecule has 0 aliphatic rings. The molecule has 0 N–H and O–H groups in total. The van der Waals surface area contributed by atoms with Gasteiger partial charge >= 0.3 is 0 Å². The number of amides is 1. The van der Waals surface area contributed by atoms with Crippen molar-refractivity contribution in [3.05, 3.63) is 72.1 Å². The van der Waals surface area contributed by atoms with Crippen molar-refractivity contribution in [2.75, 3.05) is 13.3 Å². The Bertz CT molecular complexity index is 1140. The minimum atomic E-state index is -3.24. The highest BCUT2D eigenvalue weighted by atomic mass is 32.2. The van der Waals surface area contributed by atoms with Gasteiger partial charge in [0.1, 0.15) is 0 Å². The van der Waals surface area contributed by atoms with E-state index >= 15 is 0 Å². The molecular weight excluding hydrogens is 374 g/mol. The normalized spacial score (nSPS) is 13.0. The summed E-state index contributed by atoms with van der Waals surface area (Å²) in [6.07, 6.45) is 5.89. The first-order chi connectivity index (χ1) is 13.3. The smallest absolute Gasteiger partial charge is 0.246 e. The van der Waals surface area contributed by atoms with E-state index < -0.39 is 9.84 Å². The van der Waals surface area contributed by atoms with Crippen LogP contribution in [0.25, 0.3) is 17.1 Å². The van der Waals surface area contributed by atoms with E-state index in [0.717, 1.165) is 16.6 Å². The number of hydrogen-bond acceptors (Lipinski definition) is 5. The lowest BCUT2D eigenvalue weighted by Gasteiger charge is -2.24. The molecule has 0 saturated carbocycles. The zero-order chi connectivity index (χ0) is 20.3. The second-order valence-electron chi connectivity index (χ2n) is 6.58. The third-order valence-corrected chi connectivity index (χ3v) is 5.71. The first kappa shape index (κ1) is 19.7. The van der Waals surface area contributed by atoms with Crippen LogP contribution in [0.5, 0.6) is 0 Å². The molecule has 0 radical (unpaired) electrons. The average Bonchev–Trinajstić information content (AvgIpc) is 2.70. The molecule has 0 fully saturated rings. The molecule has 144 valence electrons. The van der Waals surface area contributed by atoms with Gasteiger partial charge in [-0.05, 0) is 42.8 Å². The minimum Gasteiger partial charge on any atom is -0.335 e. The largest absolute Gasteiger partial charge is 0.335 e. The standard InChI is InChI=1S/C21H21N3O3S/c1-15(16-8-11-18(12-9-16)28(3,26)27)24(2)21(25)13-10-17-14-22-19-6-4-5-7-20(19)23-17/h4-15H,1-3H3/b13-10+. The predicted molar refractivity (Wildman–Crippen MR) is 109 cm³/mol. The maximum atomic E-state index is 12.5. The van der Waals surface area contributed by atoms with Crippen LogP contribution >= 0.6 is 0 Å². The van der Waals surface area contributed by atoms with Gasteiger partial charge in [-0.1, -0.05) is 24.3 Å².